The van der Waals surface area contributed by atoms with E-state index in [1.54, 1.807) is 16.8 Å². The first-order chi connectivity index (χ1) is 12.4. The van der Waals surface area contributed by atoms with Gasteiger partial charge in [0.1, 0.15) is 11.1 Å². The van der Waals surface area contributed by atoms with Crippen LogP contribution in [0.5, 0.6) is 0 Å². The van der Waals surface area contributed by atoms with E-state index in [2.05, 4.69) is 18.3 Å². The maximum Gasteiger partial charge on any atom is 0.239 e. The Morgan fingerprint density at radius 3 is 2.62 bits per heavy atom. The van der Waals surface area contributed by atoms with Gasteiger partial charge in [-0.15, -0.1) is 11.3 Å². The summed E-state index contributed by atoms with van der Waals surface area (Å²) in [5, 5.41) is 13.0. The highest BCUT2D eigenvalue weighted by molar-refractivity contribution is 7.16. The van der Waals surface area contributed by atoms with E-state index in [9.17, 15) is 14.9 Å². The Morgan fingerprint density at radius 2 is 2.00 bits per heavy atom. The summed E-state index contributed by atoms with van der Waals surface area (Å²) in [5.41, 5.74) is 1.73. The molecule has 1 aromatic heterocycles. The summed E-state index contributed by atoms with van der Waals surface area (Å²) in [4.78, 5) is 29.2. The van der Waals surface area contributed by atoms with Crippen LogP contribution in [-0.2, 0) is 22.4 Å². The van der Waals surface area contributed by atoms with Crippen molar-refractivity contribution in [2.45, 2.75) is 40.0 Å². The molecule has 1 N–H and O–H groups in total. The van der Waals surface area contributed by atoms with Crippen LogP contribution >= 0.6 is 11.3 Å². The number of fused-ring (bicyclic) bond motifs is 1. The number of nitriles is 1. The summed E-state index contributed by atoms with van der Waals surface area (Å²) >= 11 is 1.52. The lowest BCUT2D eigenvalue weighted by atomic mass is 9.89. The fraction of sp³-hybridized carbons (Fsp3) is 0.632. The van der Waals surface area contributed by atoms with Gasteiger partial charge in [0, 0.05) is 18.0 Å². The Morgan fingerprint density at radius 1 is 1.31 bits per heavy atom. The maximum atomic E-state index is 12.4. The molecule has 0 aliphatic heterocycles. The van der Waals surface area contributed by atoms with E-state index in [-0.39, 0.29) is 24.9 Å². The molecule has 0 unspecified atom stereocenters. The van der Waals surface area contributed by atoms with Crippen molar-refractivity contribution in [3.8, 4) is 6.07 Å². The van der Waals surface area contributed by atoms with Crippen LogP contribution in [0, 0.1) is 17.2 Å². The average molecular weight is 377 g/mol. The van der Waals surface area contributed by atoms with Crippen LogP contribution in [0.15, 0.2) is 0 Å². The molecule has 6 nitrogen and oxygen atoms in total. The van der Waals surface area contributed by atoms with E-state index in [1.807, 2.05) is 13.8 Å². The smallest absolute Gasteiger partial charge is 0.239 e. The third-order valence-corrected chi connectivity index (χ3v) is 5.98. The number of likely N-dealkylation sites (N-methyl/N-ethyl adjacent to an activating group) is 2. The largest absolute Gasteiger partial charge is 0.342 e. The van der Waals surface area contributed by atoms with E-state index in [0.717, 1.165) is 24.8 Å². The molecule has 1 aliphatic rings. The van der Waals surface area contributed by atoms with E-state index in [4.69, 9.17) is 0 Å². The number of carbonyl (C=O) groups excluding carboxylic acids is 2. The average Bonchev–Trinajstić information content (AvgIpc) is 2.91. The summed E-state index contributed by atoms with van der Waals surface area (Å²) in [5.74, 6) is 0.444. The Hall–Kier alpha value is -1.91. The fourth-order valence-corrected chi connectivity index (χ4v) is 4.71. The molecule has 1 atom stereocenters. The molecule has 0 saturated carbocycles. The molecule has 0 fully saturated rings. The van der Waals surface area contributed by atoms with Gasteiger partial charge in [-0.1, -0.05) is 6.92 Å². The van der Waals surface area contributed by atoms with Gasteiger partial charge in [-0.05, 0) is 51.6 Å². The minimum atomic E-state index is -0.192. The molecule has 2 amide bonds. The van der Waals surface area contributed by atoms with E-state index in [0.29, 0.717) is 29.6 Å². The number of carbonyl (C=O) groups is 2. The predicted octanol–water partition coefficient (Wildman–Crippen LogP) is 2.48. The van der Waals surface area contributed by atoms with Gasteiger partial charge < -0.3 is 10.2 Å². The number of nitrogens with one attached hydrogen (secondary N) is 1. The van der Waals surface area contributed by atoms with Crippen LogP contribution in [0.2, 0.25) is 0 Å². The maximum absolute atomic E-state index is 12.4. The third-order valence-electron chi connectivity index (χ3n) is 4.81. The van der Waals surface area contributed by atoms with Gasteiger partial charge in [0.2, 0.25) is 11.8 Å². The van der Waals surface area contributed by atoms with Gasteiger partial charge in [0.25, 0.3) is 0 Å². The highest BCUT2D eigenvalue weighted by Crippen LogP contribution is 2.39. The molecule has 0 saturated heterocycles. The first-order valence-corrected chi connectivity index (χ1v) is 10.0. The van der Waals surface area contributed by atoms with Gasteiger partial charge >= 0.3 is 0 Å². The Kier molecular flexibility index (Phi) is 7.18. The van der Waals surface area contributed by atoms with Gasteiger partial charge in [0.15, 0.2) is 0 Å². The van der Waals surface area contributed by atoms with Crippen molar-refractivity contribution < 1.29 is 9.59 Å². The molecule has 142 valence electrons. The van der Waals surface area contributed by atoms with Gasteiger partial charge in [0.05, 0.1) is 18.7 Å². The molecular formula is C19H28N4O2S. The highest BCUT2D eigenvalue weighted by atomic mass is 32.1. The fourth-order valence-electron chi connectivity index (χ4n) is 3.33. The SMILES string of the molecule is CCN(CC)C(=O)CN(C)CC(=O)Nc1sc2c(c1C#N)CC[C@@H](C)C2. The van der Waals surface area contributed by atoms with Gasteiger partial charge in [-0.2, -0.15) is 5.26 Å². The number of anilines is 1. The quantitative estimate of drug-likeness (QED) is 0.793. The molecular weight excluding hydrogens is 348 g/mol. The second kappa shape index (κ2) is 9.15. The zero-order valence-corrected chi connectivity index (χ0v) is 16.9. The number of hydrogen-bond donors (Lipinski definition) is 1. The first-order valence-electron chi connectivity index (χ1n) is 9.20. The molecule has 1 aliphatic carbocycles. The minimum Gasteiger partial charge on any atom is -0.342 e. The Bertz CT molecular complexity index is 703. The predicted molar refractivity (Wildman–Crippen MR) is 104 cm³/mol. The molecule has 26 heavy (non-hydrogen) atoms. The lowest BCUT2D eigenvalue weighted by Gasteiger charge is -2.22. The van der Waals surface area contributed by atoms with Crippen molar-refractivity contribution >= 4 is 28.2 Å². The van der Waals surface area contributed by atoms with Gasteiger partial charge in [-0.3, -0.25) is 14.5 Å². The Balaban J connectivity index is 1.98. The summed E-state index contributed by atoms with van der Waals surface area (Å²) < 4.78 is 0. The van der Waals surface area contributed by atoms with Crippen LogP contribution < -0.4 is 5.32 Å². The van der Waals surface area contributed by atoms with Crippen LogP contribution in [0.25, 0.3) is 0 Å². The van der Waals surface area contributed by atoms with Crippen LogP contribution in [-0.4, -0.2) is 54.8 Å². The third kappa shape index (κ3) is 4.83. The van der Waals surface area contributed by atoms with Crippen molar-refractivity contribution in [1.29, 1.82) is 5.26 Å². The van der Waals surface area contributed by atoms with Gasteiger partial charge in [-0.25, -0.2) is 0 Å². The summed E-state index contributed by atoms with van der Waals surface area (Å²) in [6.07, 6.45) is 2.97. The molecule has 1 aromatic rings. The molecule has 1 heterocycles. The summed E-state index contributed by atoms with van der Waals surface area (Å²) in [7, 11) is 1.76. The molecule has 0 bridgehead atoms. The molecule has 0 spiro atoms. The molecule has 7 heteroatoms. The number of thiophene rings is 1. The number of rotatable bonds is 7. The second-order valence-electron chi connectivity index (χ2n) is 6.95. The summed E-state index contributed by atoms with van der Waals surface area (Å²) in [6, 6.07) is 2.26. The first kappa shape index (κ1) is 20.4. The van der Waals surface area contributed by atoms with E-state index >= 15 is 0 Å². The second-order valence-corrected chi connectivity index (χ2v) is 8.06. The molecule has 0 aromatic carbocycles. The highest BCUT2D eigenvalue weighted by Gasteiger charge is 2.25. The van der Waals surface area contributed by atoms with Crippen molar-refractivity contribution in [3.63, 3.8) is 0 Å². The van der Waals surface area contributed by atoms with Crippen molar-refractivity contribution in [1.82, 2.24) is 9.80 Å². The number of amides is 2. The van der Waals surface area contributed by atoms with Crippen molar-refractivity contribution in [3.05, 3.63) is 16.0 Å². The molecule has 0 radical (unpaired) electrons. The number of hydrogen-bond acceptors (Lipinski definition) is 5. The number of nitrogens with zero attached hydrogens (tertiary/aromatic N) is 3. The lowest BCUT2D eigenvalue weighted by molar-refractivity contribution is -0.132. The van der Waals surface area contributed by atoms with E-state index < -0.39 is 0 Å². The van der Waals surface area contributed by atoms with Crippen molar-refractivity contribution in [2.75, 3.05) is 38.5 Å². The van der Waals surface area contributed by atoms with Crippen LogP contribution in [0.3, 0.4) is 0 Å². The van der Waals surface area contributed by atoms with E-state index in [1.165, 1.54) is 16.2 Å². The minimum absolute atomic E-state index is 0.0172. The molecule has 2 rings (SSSR count). The monoisotopic (exact) mass is 376 g/mol. The zero-order valence-electron chi connectivity index (χ0n) is 16.1. The van der Waals surface area contributed by atoms with Crippen LogP contribution in [0.4, 0.5) is 5.00 Å². The standard InChI is InChI=1S/C19H28N4O2S/c1-5-23(6-2)18(25)12-22(4)11-17(24)21-19-15(10-20)14-8-7-13(3)9-16(14)26-19/h13H,5-9,11-12H2,1-4H3,(H,21,24)/t13-/m1/s1. The normalized spacial score (nSPS) is 16.1. The lowest BCUT2D eigenvalue weighted by Crippen LogP contribution is -2.41. The topological polar surface area (TPSA) is 76.4 Å². The Labute approximate surface area is 159 Å². The van der Waals surface area contributed by atoms with Crippen LogP contribution in [0.1, 0.15) is 43.2 Å². The van der Waals surface area contributed by atoms with Crippen molar-refractivity contribution in [2.24, 2.45) is 5.92 Å². The zero-order chi connectivity index (χ0) is 19.3. The summed E-state index contributed by atoms with van der Waals surface area (Å²) in [6.45, 7) is 7.76.